The van der Waals surface area contributed by atoms with E-state index in [9.17, 15) is 13.6 Å². The van der Waals surface area contributed by atoms with Gasteiger partial charge < -0.3 is 10.1 Å². The van der Waals surface area contributed by atoms with Crippen LogP contribution in [0.2, 0.25) is 5.02 Å². The third-order valence-electron chi connectivity index (χ3n) is 3.19. The summed E-state index contributed by atoms with van der Waals surface area (Å²) in [6.07, 6.45) is -0.193. The van der Waals surface area contributed by atoms with Gasteiger partial charge in [0.25, 0.3) is 5.91 Å². The molecule has 1 amide bonds. The minimum Gasteiger partial charge on any atom is -0.479 e. The smallest absolute Gasteiger partial charge is 0.260 e. The molecule has 0 aromatic heterocycles. The summed E-state index contributed by atoms with van der Waals surface area (Å²) in [6.45, 7) is 1.97. The number of hydrogen-bond acceptors (Lipinski definition) is 2. The highest BCUT2D eigenvalue weighted by Gasteiger charge is 2.15. The molecule has 122 valence electrons. The molecule has 6 heteroatoms. The molecule has 2 rings (SSSR count). The lowest BCUT2D eigenvalue weighted by atomic mass is 10.1. The normalized spacial score (nSPS) is 11.8. The van der Waals surface area contributed by atoms with Gasteiger partial charge in [0, 0.05) is 6.54 Å². The van der Waals surface area contributed by atoms with Crippen LogP contribution >= 0.6 is 11.6 Å². The lowest BCUT2D eigenvalue weighted by Crippen LogP contribution is -2.37. The highest BCUT2D eigenvalue weighted by atomic mass is 35.5. The maximum atomic E-state index is 13.0. The van der Waals surface area contributed by atoms with Gasteiger partial charge in [0.1, 0.15) is 17.4 Å². The van der Waals surface area contributed by atoms with E-state index < -0.39 is 11.9 Å². The van der Waals surface area contributed by atoms with Crippen LogP contribution in [0, 0.1) is 11.6 Å². The summed E-state index contributed by atoms with van der Waals surface area (Å²) < 4.78 is 31.2. The number of hydrogen-bond donors (Lipinski definition) is 1. The topological polar surface area (TPSA) is 38.3 Å². The third kappa shape index (κ3) is 5.21. The second-order valence-electron chi connectivity index (χ2n) is 5.00. The lowest BCUT2D eigenvalue weighted by Gasteiger charge is -2.15. The SMILES string of the molecule is CC(Oc1ccc(F)cc1Cl)C(=O)NCCc1ccc(F)cc1. The second-order valence-corrected chi connectivity index (χ2v) is 5.41. The van der Waals surface area contributed by atoms with E-state index in [1.807, 2.05) is 0 Å². The average Bonchev–Trinajstić information content (AvgIpc) is 2.51. The molecule has 0 spiro atoms. The highest BCUT2D eigenvalue weighted by Crippen LogP contribution is 2.25. The van der Waals surface area contributed by atoms with Gasteiger partial charge in [0.2, 0.25) is 0 Å². The van der Waals surface area contributed by atoms with Gasteiger partial charge in [-0.15, -0.1) is 0 Å². The van der Waals surface area contributed by atoms with Crippen molar-refractivity contribution in [3.05, 3.63) is 64.7 Å². The molecule has 0 saturated heterocycles. The predicted octanol–water partition coefficient (Wildman–Crippen LogP) is 3.74. The Morgan fingerprint density at radius 2 is 1.83 bits per heavy atom. The fraction of sp³-hybridized carbons (Fsp3) is 0.235. The maximum Gasteiger partial charge on any atom is 0.260 e. The molecular weight excluding hydrogens is 324 g/mol. The molecule has 2 aromatic carbocycles. The Kier molecular flexibility index (Phi) is 5.93. The van der Waals surface area contributed by atoms with E-state index in [-0.39, 0.29) is 22.5 Å². The summed E-state index contributed by atoms with van der Waals surface area (Å²) in [4.78, 5) is 12.0. The Labute approximate surface area is 138 Å². The van der Waals surface area contributed by atoms with Gasteiger partial charge in [0.15, 0.2) is 6.10 Å². The first-order valence-corrected chi connectivity index (χ1v) is 7.47. The number of benzene rings is 2. The third-order valence-corrected chi connectivity index (χ3v) is 3.49. The Morgan fingerprint density at radius 1 is 1.17 bits per heavy atom. The molecule has 0 fully saturated rings. The fourth-order valence-corrected chi connectivity index (χ4v) is 2.15. The number of carbonyl (C=O) groups excluding carboxylic acids is 1. The fourth-order valence-electron chi connectivity index (χ4n) is 1.94. The molecule has 3 nitrogen and oxygen atoms in total. The summed E-state index contributed by atoms with van der Waals surface area (Å²) in [6, 6.07) is 9.79. The Balaban J connectivity index is 1.81. The summed E-state index contributed by atoms with van der Waals surface area (Å²) in [7, 11) is 0. The first kappa shape index (κ1) is 17.2. The van der Waals surface area contributed by atoms with Crippen LogP contribution in [0.15, 0.2) is 42.5 Å². The summed E-state index contributed by atoms with van der Waals surface area (Å²) in [5, 5.41) is 2.83. The first-order valence-electron chi connectivity index (χ1n) is 7.09. The Morgan fingerprint density at radius 3 is 2.48 bits per heavy atom. The molecule has 0 aliphatic rings. The molecule has 0 heterocycles. The average molecular weight is 340 g/mol. The highest BCUT2D eigenvalue weighted by molar-refractivity contribution is 6.32. The minimum atomic E-state index is -0.772. The van der Waals surface area contributed by atoms with Crippen molar-refractivity contribution >= 4 is 17.5 Å². The number of carbonyl (C=O) groups is 1. The van der Waals surface area contributed by atoms with Crippen LogP contribution in [0.1, 0.15) is 12.5 Å². The molecule has 0 aliphatic heterocycles. The maximum absolute atomic E-state index is 13.0. The van der Waals surface area contributed by atoms with Crippen LogP contribution in [-0.4, -0.2) is 18.6 Å². The predicted molar refractivity (Wildman–Crippen MR) is 84.6 cm³/mol. The lowest BCUT2D eigenvalue weighted by molar-refractivity contribution is -0.127. The minimum absolute atomic E-state index is 0.107. The standard InChI is InChI=1S/C17H16ClF2NO2/c1-11(23-16-7-6-14(20)10-15(16)18)17(22)21-9-8-12-2-4-13(19)5-3-12/h2-7,10-11H,8-9H2,1H3,(H,21,22). The summed E-state index contributed by atoms with van der Waals surface area (Å²) >= 11 is 5.85. The number of halogens is 3. The van der Waals surface area contributed by atoms with Crippen LogP contribution in [-0.2, 0) is 11.2 Å². The van der Waals surface area contributed by atoms with E-state index in [1.54, 1.807) is 19.1 Å². The second kappa shape index (κ2) is 7.92. The van der Waals surface area contributed by atoms with Gasteiger partial charge in [-0.05, 0) is 49.2 Å². The van der Waals surface area contributed by atoms with Crippen LogP contribution in [0.25, 0.3) is 0 Å². The molecule has 0 radical (unpaired) electrons. The molecule has 0 saturated carbocycles. The zero-order valence-electron chi connectivity index (χ0n) is 12.5. The van der Waals surface area contributed by atoms with Crippen molar-refractivity contribution in [3.8, 4) is 5.75 Å². The summed E-state index contributed by atoms with van der Waals surface area (Å²) in [5.74, 6) is -0.837. The quantitative estimate of drug-likeness (QED) is 0.870. The van der Waals surface area contributed by atoms with Crippen LogP contribution in [0.4, 0.5) is 8.78 Å². The van der Waals surface area contributed by atoms with Gasteiger partial charge in [-0.2, -0.15) is 0 Å². The number of amides is 1. The van der Waals surface area contributed by atoms with Gasteiger partial charge in [-0.3, -0.25) is 4.79 Å². The molecule has 2 aromatic rings. The van der Waals surface area contributed by atoms with E-state index in [0.717, 1.165) is 11.6 Å². The van der Waals surface area contributed by atoms with E-state index in [1.165, 1.54) is 24.3 Å². The van der Waals surface area contributed by atoms with Gasteiger partial charge in [0.05, 0.1) is 5.02 Å². The van der Waals surface area contributed by atoms with Crippen molar-refractivity contribution in [2.45, 2.75) is 19.4 Å². The van der Waals surface area contributed by atoms with Crippen molar-refractivity contribution in [2.24, 2.45) is 0 Å². The molecule has 23 heavy (non-hydrogen) atoms. The summed E-state index contributed by atoms with van der Waals surface area (Å²) in [5.41, 5.74) is 0.918. The van der Waals surface area contributed by atoms with Crippen LogP contribution < -0.4 is 10.1 Å². The number of rotatable bonds is 6. The molecule has 0 bridgehead atoms. The van der Waals surface area contributed by atoms with E-state index >= 15 is 0 Å². The number of ether oxygens (including phenoxy) is 1. The van der Waals surface area contributed by atoms with Crippen molar-refractivity contribution < 1.29 is 18.3 Å². The monoisotopic (exact) mass is 339 g/mol. The van der Waals surface area contributed by atoms with Crippen molar-refractivity contribution in [2.75, 3.05) is 6.54 Å². The van der Waals surface area contributed by atoms with E-state index in [0.29, 0.717) is 13.0 Å². The van der Waals surface area contributed by atoms with Crippen molar-refractivity contribution in [3.63, 3.8) is 0 Å². The zero-order valence-corrected chi connectivity index (χ0v) is 13.2. The molecular formula is C17H16ClF2NO2. The molecule has 1 unspecified atom stereocenters. The van der Waals surface area contributed by atoms with E-state index in [2.05, 4.69) is 5.32 Å². The largest absolute Gasteiger partial charge is 0.479 e. The molecule has 0 aliphatic carbocycles. The van der Waals surface area contributed by atoms with Crippen LogP contribution in [0.5, 0.6) is 5.75 Å². The van der Waals surface area contributed by atoms with Gasteiger partial charge in [-0.25, -0.2) is 8.78 Å². The van der Waals surface area contributed by atoms with Gasteiger partial charge in [-0.1, -0.05) is 23.7 Å². The first-order chi connectivity index (χ1) is 11.0. The van der Waals surface area contributed by atoms with Crippen molar-refractivity contribution in [1.82, 2.24) is 5.32 Å². The Hall–Kier alpha value is -2.14. The zero-order chi connectivity index (χ0) is 16.8. The number of nitrogens with one attached hydrogen (secondary N) is 1. The van der Waals surface area contributed by atoms with Crippen LogP contribution in [0.3, 0.4) is 0 Å². The molecule has 1 N–H and O–H groups in total. The van der Waals surface area contributed by atoms with E-state index in [4.69, 9.17) is 16.3 Å². The van der Waals surface area contributed by atoms with Gasteiger partial charge >= 0.3 is 0 Å². The molecule has 1 atom stereocenters. The Bertz CT molecular complexity index is 677. The van der Waals surface area contributed by atoms with Crippen molar-refractivity contribution in [1.29, 1.82) is 0 Å².